The van der Waals surface area contributed by atoms with Crippen molar-refractivity contribution in [2.75, 3.05) is 10.5 Å². The van der Waals surface area contributed by atoms with Gasteiger partial charge >= 0.3 is 5.97 Å². The molecule has 0 heterocycles. The fourth-order valence-corrected chi connectivity index (χ4v) is 2.70. The van der Waals surface area contributed by atoms with E-state index in [1.165, 1.54) is 6.08 Å². The van der Waals surface area contributed by atoms with Crippen LogP contribution in [0, 0.1) is 0 Å². The number of rotatable bonds is 7. The van der Waals surface area contributed by atoms with Crippen molar-refractivity contribution in [3.8, 4) is 0 Å². The van der Waals surface area contributed by atoms with Crippen molar-refractivity contribution in [1.29, 1.82) is 0 Å². The smallest absolute Gasteiger partial charge is 0.328 e. The molecule has 104 valence electrons. The molecule has 0 spiro atoms. The molecule has 0 aliphatic heterocycles. The van der Waals surface area contributed by atoms with E-state index < -0.39 is 16.0 Å². The molecule has 0 saturated carbocycles. The molecule has 0 saturated heterocycles. The Morgan fingerprint density at radius 3 is 2.79 bits per heavy atom. The van der Waals surface area contributed by atoms with Gasteiger partial charge in [0.25, 0.3) is 0 Å². The quantitative estimate of drug-likeness (QED) is 0.752. The second kappa shape index (κ2) is 6.94. The Bertz CT molecular complexity index is 564. The standard InChI is InChI=1S/C13H17NO4S/c1-2-3-9-19(17,18)14-12-6-4-5-11(10-12)7-8-13(15)16/h4-8,10,14H,2-3,9H2,1H3,(H,15,16)/b8-7+. The van der Waals surface area contributed by atoms with Crippen molar-refractivity contribution >= 4 is 27.8 Å². The number of hydrogen-bond donors (Lipinski definition) is 2. The Balaban J connectivity index is 2.80. The molecule has 6 heteroatoms. The van der Waals surface area contributed by atoms with Crippen LogP contribution in [0.3, 0.4) is 0 Å². The van der Waals surface area contributed by atoms with Crippen molar-refractivity contribution in [3.63, 3.8) is 0 Å². The lowest BCUT2D eigenvalue weighted by Crippen LogP contribution is -2.16. The number of carbonyl (C=O) groups is 1. The van der Waals surface area contributed by atoms with Gasteiger partial charge in [-0.05, 0) is 30.2 Å². The summed E-state index contributed by atoms with van der Waals surface area (Å²) in [7, 11) is -3.34. The summed E-state index contributed by atoms with van der Waals surface area (Å²) in [4.78, 5) is 10.4. The van der Waals surface area contributed by atoms with Gasteiger partial charge in [-0.2, -0.15) is 0 Å². The molecule has 19 heavy (non-hydrogen) atoms. The third-order valence-electron chi connectivity index (χ3n) is 2.34. The molecule has 1 aromatic rings. The predicted molar refractivity (Wildman–Crippen MR) is 75.4 cm³/mol. The molecule has 0 aliphatic carbocycles. The summed E-state index contributed by atoms with van der Waals surface area (Å²) < 4.78 is 25.9. The van der Waals surface area contributed by atoms with Crippen molar-refractivity contribution in [3.05, 3.63) is 35.9 Å². The van der Waals surface area contributed by atoms with Gasteiger partial charge in [-0.3, -0.25) is 4.72 Å². The van der Waals surface area contributed by atoms with E-state index in [1.807, 2.05) is 6.92 Å². The fraction of sp³-hybridized carbons (Fsp3) is 0.308. The monoisotopic (exact) mass is 283 g/mol. The molecule has 0 atom stereocenters. The molecule has 0 amide bonds. The Labute approximate surface area is 113 Å². The maximum Gasteiger partial charge on any atom is 0.328 e. The van der Waals surface area contributed by atoms with Gasteiger partial charge in [-0.15, -0.1) is 0 Å². The second-order valence-corrected chi connectivity index (χ2v) is 5.91. The van der Waals surface area contributed by atoms with E-state index in [0.717, 1.165) is 12.5 Å². The number of carboxylic acid groups (broad SMARTS) is 1. The summed E-state index contributed by atoms with van der Waals surface area (Å²) in [5, 5.41) is 8.53. The maximum absolute atomic E-state index is 11.7. The van der Waals surface area contributed by atoms with E-state index in [1.54, 1.807) is 24.3 Å². The molecule has 0 aromatic heterocycles. The summed E-state index contributed by atoms with van der Waals surface area (Å²) >= 11 is 0. The Hall–Kier alpha value is -1.82. The van der Waals surface area contributed by atoms with Crippen LogP contribution in [0.15, 0.2) is 30.3 Å². The Kier molecular flexibility index (Phi) is 5.57. The molecule has 1 rings (SSSR count). The highest BCUT2D eigenvalue weighted by Crippen LogP contribution is 2.14. The van der Waals surface area contributed by atoms with Crippen LogP contribution in [0.2, 0.25) is 0 Å². The third-order valence-corrected chi connectivity index (χ3v) is 3.72. The number of nitrogens with one attached hydrogen (secondary N) is 1. The van der Waals surface area contributed by atoms with Crippen LogP contribution in [0.25, 0.3) is 6.08 Å². The first-order chi connectivity index (χ1) is 8.93. The lowest BCUT2D eigenvalue weighted by Gasteiger charge is -2.07. The summed E-state index contributed by atoms with van der Waals surface area (Å²) in [6.07, 6.45) is 3.83. The van der Waals surface area contributed by atoms with Gasteiger partial charge in [-0.1, -0.05) is 25.5 Å². The van der Waals surface area contributed by atoms with Crippen molar-refractivity contribution in [2.45, 2.75) is 19.8 Å². The molecule has 0 fully saturated rings. The number of unbranched alkanes of at least 4 members (excludes halogenated alkanes) is 1. The van der Waals surface area contributed by atoms with E-state index in [2.05, 4.69) is 4.72 Å². The van der Waals surface area contributed by atoms with Gasteiger partial charge in [0, 0.05) is 11.8 Å². The largest absolute Gasteiger partial charge is 0.478 e. The fourth-order valence-electron chi connectivity index (χ4n) is 1.44. The van der Waals surface area contributed by atoms with Crippen LogP contribution in [-0.4, -0.2) is 25.2 Å². The van der Waals surface area contributed by atoms with Gasteiger partial charge < -0.3 is 5.11 Å². The first-order valence-electron chi connectivity index (χ1n) is 5.94. The number of carboxylic acids is 1. The minimum Gasteiger partial charge on any atom is -0.478 e. The molecule has 2 N–H and O–H groups in total. The van der Waals surface area contributed by atoms with E-state index in [0.29, 0.717) is 17.7 Å². The zero-order chi connectivity index (χ0) is 14.3. The second-order valence-electron chi connectivity index (χ2n) is 4.07. The van der Waals surface area contributed by atoms with E-state index >= 15 is 0 Å². The lowest BCUT2D eigenvalue weighted by atomic mass is 10.2. The van der Waals surface area contributed by atoms with Gasteiger partial charge in [0.05, 0.1) is 5.75 Å². The summed E-state index contributed by atoms with van der Waals surface area (Å²) in [5.41, 5.74) is 1.06. The summed E-state index contributed by atoms with van der Waals surface area (Å²) in [6.45, 7) is 1.92. The van der Waals surface area contributed by atoms with E-state index in [9.17, 15) is 13.2 Å². The zero-order valence-electron chi connectivity index (χ0n) is 10.7. The molecular weight excluding hydrogens is 266 g/mol. The molecule has 0 radical (unpaired) electrons. The van der Waals surface area contributed by atoms with Crippen LogP contribution < -0.4 is 4.72 Å². The number of aliphatic carboxylic acids is 1. The Morgan fingerprint density at radius 1 is 1.42 bits per heavy atom. The topological polar surface area (TPSA) is 83.5 Å². The normalized spacial score (nSPS) is 11.6. The minimum absolute atomic E-state index is 0.0820. The number of anilines is 1. The van der Waals surface area contributed by atoms with Gasteiger partial charge in [0.15, 0.2) is 0 Å². The maximum atomic E-state index is 11.7. The number of sulfonamides is 1. The van der Waals surface area contributed by atoms with Gasteiger partial charge in [0.2, 0.25) is 10.0 Å². The molecule has 0 bridgehead atoms. The van der Waals surface area contributed by atoms with Crippen molar-refractivity contribution < 1.29 is 18.3 Å². The van der Waals surface area contributed by atoms with Crippen molar-refractivity contribution in [2.24, 2.45) is 0 Å². The van der Waals surface area contributed by atoms with Crippen LogP contribution in [0.4, 0.5) is 5.69 Å². The van der Waals surface area contributed by atoms with Crippen LogP contribution >= 0.6 is 0 Å². The minimum atomic E-state index is -3.34. The van der Waals surface area contributed by atoms with Crippen LogP contribution in [-0.2, 0) is 14.8 Å². The third kappa shape index (κ3) is 6.05. The van der Waals surface area contributed by atoms with Crippen LogP contribution in [0.1, 0.15) is 25.3 Å². The summed E-state index contributed by atoms with van der Waals surface area (Å²) in [6, 6.07) is 6.58. The first kappa shape index (κ1) is 15.2. The SMILES string of the molecule is CCCCS(=O)(=O)Nc1cccc(/C=C/C(=O)O)c1. The average molecular weight is 283 g/mol. The summed E-state index contributed by atoms with van der Waals surface area (Å²) in [5.74, 6) is -0.965. The highest BCUT2D eigenvalue weighted by molar-refractivity contribution is 7.92. The molecule has 0 unspecified atom stereocenters. The van der Waals surface area contributed by atoms with Gasteiger partial charge in [0.1, 0.15) is 0 Å². The molecular formula is C13H17NO4S. The van der Waals surface area contributed by atoms with Crippen molar-refractivity contribution in [1.82, 2.24) is 0 Å². The Morgan fingerprint density at radius 2 is 2.16 bits per heavy atom. The predicted octanol–water partition coefficient (Wildman–Crippen LogP) is 2.33. The van der Waals surface area contributed by atoms with E-state index in [-0.39, 0.29) is 5.75 Å². The molecule has 0 aliphatic rings. The first-order valence-corrected chi connectivity index (χ1v) is 7.60. The highest BCUT2D eigenvalue weighted by atomic mass is 32.2. The number of benzene rings is 1. The molecule has 5 nitrogen and oxygen atoms in total. The average Bonchev–Trinajstić information content (AvgIpc) is 2.34. The highest BCUT2D eigenvalue weighted by Gasteiger charge is 2.09. The van der Waals surface area contributed by atoms with Gasteiger partial charge in [-0.25, -0.2) is 13.2 Å². The van der Waals surface area contributed by atoms with E-state index in [4.69, 9.17) is 5.11 Å². The number of hydrogen-bond acceptors (Lipinski definition) is 3. The molecule has 1 aromatic carbocycles. The van der Waals surface area contributed by atoms with Crippen LogP contribution in [0.5, 0.6) is 0 Å². The lowest BCUT2D eigenvalue weighted by molar-refractivity contribution is -0.131. The zero-order valence-corrected chi connectivity index (χ0v) is 11.5.